The van der Waals surface area contributed by atoms with Crippen LogP contribution < -0.4 is 16.2 Å². The van der Waals surface area contributed by atoms with Crippen molar-refractivity contribution in [2.75, 3.05) is 30.8 Å². The zero-order valence-electron chi connectivity index (χ0n) is 17.2. The Labute approximate surface area is 188 Å². The molecular weight excluding hydrogens is 430 g/mol. The molecule has 0 aliphatic carbocycles. The fourth-order valence-electron chi connectivity index (χ4n) is 3.22. The number of ether oxygens (including phenoxy) is 1. The van der Waals surface area contributed by atoms with Gasteiger partial charge in [0.05, 0.1) is 35.8 Å². The van der Waals surface area contributed by atoms with Crippen LogP contribution in [0, 0.1) is 0 Å². The van der Waals surface area contributed by atoms with Crippen molar-refractivity contribution in [3.05, 3.63) is 87.8 Å². The van der Waals surface area contributed by atoms with Gasteiger partial charge in [-0.2, -0.15) is 9.78 Å². The van der Waals surface area contributed by atoms with Gasteiger partial charge in [0, 0.05) is 18.5 Å². The molecular formula is C23H20ClN5O3. The maximum atomic E-state index is 12.8. The molecule has 2 aromatic heterocycles. The lowest BCUT2D eigenvalue weighted by Gasteiger charge is -2.13. The number of nitrogens with zero attached hydrogens (tertiary/aromatic N) is 3. The molecule has 0 bridgehead atoms. The van der Waals surface area contributed by atoms with Crippen molar-refractivity contribution in [1.82, 2.24) is 14.8 Å². The number of carbonyl (C=O) groups is 1. The van der Waals surface area contributed by atoms with Crippen molar-refractivity contribution in [3.8, 4) is 5.69 Å². The van der Waals surface area contributed by atoms with Gasteiger partial charge in [-0.3, -0.25) is 4.79 Å². The van der Waals surface area contributed by atoms with Crippen LogP contribution in [0.1, 0.15) is 10.4 Å². The van der Waals surface area contributed by atoms with Crippen molar-refractivity contribution >= 4 is 40.0 Å². The van der Waals surface area contributed by atoms with Gasteiger partial charge in [0.25, 0.3) is 5.56 Å². The number of esters is 1. The van der Waals surface area contributed by atoms with Crippen LogP contribution in [0.4, 0.5) is 11.5 Å². The van der Waals surface area contributed by atoms with E-state index in [4.69, 9.17) is 16.3 Å². The van der Waals surface area contributed by atoms with Gasteiger partial charge in [0.1, 0.15) is 10.8 Å². The number of pyridine rings is 1. The Balaban J connectivity index is 1.45. The number of hydrogen-bond donors (Lipinski definition) is 2. The Kier molecular flexibility index (Phi) is 6.32. The number of nitrogens with one attached hydrogen (secondary N) is 2. The van der Waals surface area contributed by atoms with E-state index in [0.717, 1.165) is 21.4 Å². The van der Waals surface area contributed by atoms with E-state index in [1.165, 1.54) is 13.3 Å². The van der Waals surface area contributed by atoms with Crippen LogP contribution in [0.15, 0.2) is 71.7 Å². The van der Waals surface area contributed by atoms with Crippen LogP contribution in [0.2, 0.25) is 5.02 Å². The number of halogens is 1. The Morgan fingerprint density at radius 3 is 2.62 bits per heavy atom. The van der Waals surface area contributed by atoms with E-state index >= 15 is 0 Å². The van der Waals surface area contributed by atoms with E-state index in [1.807, 2.05) is 36.4 Å². The summed E-state index contributed by atoms with van der Waals surface area (Å²) in [6, 6.07) is 18.3. The number of anilines is 2. The highest BCUT2D eigenvalue weighted by Crippen LogP contribution is 2.19. The second-order valence-corrected chi connectivity index (χ2v) is 7.22. The SMILES string of the molecule is COC(=O)c1ccccc1-n1ncc(NCCNc2ccc3ccccc3n2)c(Cl)c1=O. The molecule has 4 aromatic rings. The summed E-state index contributed by atoms with van der Waals surface area (Å²) < 4.78 is 5.86. The molecule has 4 rings (SSSR count). The van der Waals surface area contributed by atoms with E-state index < -0.39 is 11.5 Å². The smallest absolute Gasteiger partial charge is 0.340 e. The van der Waals surface area contributed by atoms with E-state index in [0.29, 0.717) is 24.5 Å². The highest BCUT2D eigenvalue weighted by atomic mass is 35.5. The summed E-state index contributed by atoms with van der Waals surface area (Å²) in [6.07, 6.45) is 1.45. The molecule has 162 valence electrons. The van der Waals surface area contributed by atoms with Crippen LogP contribution in [0.3, 0.4) is 0 Å². The summed E-state index contributed by atoms with van der Waals surface area (Å²) in [5.74, 6) is 0.186. The van der Waals surface area contributed by atoms with E-state index in [9.17, 15) is 9.59 Å². The lowest BCUT2D eigenvalue weighted by molar-refractivity contribution is 0.0600. The molecule has 32 heavy (non-hydrogen) atoms. The van der Waals surface area contributed by atoms with Gasteiger partial charge in [-0.1, -0.05) is 41.9 Å². The summed E-state index contributed by atoms with van der Waals surface area (Å²) in [5.41, 5.74) is 1.28. The summed E-state index contributed by atoms with van der Waals surface area (Å²) in [4.78, 5) is 29.4. The Morgan fingerprint density at radius 2 is 1.78 bits per heavy atom. The second-order valence-electron chi connectivity index (χ2n) is 6.84. The minimum absolute atomic E-state index is 0.0245. The number of aromatic nitrogens is 3. The van der Waals surface area contributed by atoms with Gasteiger partial charge in [0.2, 0.25) is 0 Å². The molecule has 2 heterocycles. The molecule has 0 saturated carbocycles. The summed E-state index contributed by atoms with van der Waals surface area (Å²) in [5, 5.41) is 11.6. The van der Waals surface area contributed by atoms with Crippen LogP contribution >= 0.6 is 11.6 Å². The normalized spacial score (nSPS) is 10.7. The molecule has 8 nitrogen and oxygen atoms in total. The van der Waals surface area contributed by atoms with Gasteiger partial charge in [-0.25, -0.2) is 9.78 Å². The largest absolute Gasteiger partial charge is 0.465 e. The van der Waals surface area contributed by atoms with Crippen molar-refractivity contribution in [2.24, 2.45) is 0 Å². The topological polar surface area (TPSA) is 98.1 Å². The number of hydrogen-bond acceptors (Lipinski definition) is 7. The predicted molar refractivity (Wildman–Crippen MR) is 125 cm³/mol. The summed E-state index contributed by atoms with van der Waals surface area (Å²) in [7, 11) is 1.27. The highest BCUT2D eigenvalue weighted by Gasteiger charge is 2.17. The predicted octanol–water partition coefficient (Wildman–Crippen LogP) is 3.74. The quantitative estimate of drug-likeness (QED) is 0.327. The monoisotopic (exact) mass is 449 g/mol. The fourth-order valence-corrected chi connectivity index (χ4v) is 3.42. The van der Waals surface area contributed by atoms with Crippen LogP contribution in [-0.2, 0) is 4.74 Å². The van der Waals surface area contributed by atoms with Gasteiger partial charge in [-0.05, 0) is 30.3 Å². The number of methoxy groups -OCH3 is 1. The third-order valence-electron chi connectivity index (χ3n) is 4.80. The summed E-state index contributed by atoms with van der Waals surface area (Å²) >= 11 is 6.29. The van der Waals surface area contributed by atoms with Crippen molar-refractivity contribution < 1.29 is 9.53 Å². The first-order valence-electron chi connectivity index (χ1n) is 9.87. The second kappa shape index (κ2) is 9.49. The average Bonchev–Trinajstić information content (AvgIpc) is 2.84. The number of carbonyl (C=O) groups excluding carboxylic acids is 1. The third kappa shape index (κ3) is 4.40. The molecule has 0 saturated heterocycles. The van der Waals surface area contributed by atoms with E-state index in [2.05, 4.69) is 20.7 Å². The first-order valence-corrected chi connectivity index (χ1v) is 10.3. The lowest BCUT2D eigenvalue weighted by Crippen LogP contribution is -2.25. The Hall–Kier alpha value is -3.91. The maximum Gasteiger partial charge on any atom is 0.340 e. The van der Waals surface area contributed by atoms with Gasteiger partial charge < -0.3 is 15.4 Å². The zero-order chi connectivity index (χ0) is 22.5. The fraction of sp³-hybridized carbons (Fsp3) is 0.130. The van der Waals surface area contributed by atoms with Crippen LogP contribution in [-0.4, -0.2) is 40.9 Å². The molecule has 0 spiro atoms. The first-order chi connectivity index (χ1) is 15.6. The Morgan fingerprint density at radius 1 is 1.03 bits per heavy atom. The molecule has 0 fully saturated rings. The number of fused-ring (bicyclic) bond motifs is 1. The molecule has 0 amide bonds. The molecule has 0 unspecified atom stereocenters. The number of para-hydroxylation sites is 2. The average molecular weight is 450 g/mol. The minimum atomic E-state index is -0.569. The van der Waals surface area contributed by atoms with Gasteiger partial charge >= 0.3 is 5.97 Å². The maximum absolute atomic E-state index is 12.8. The van der Waals surface area contributed by atoms with Gasteiger partial charge in [-0.15, -0.1) is 0 Å². The Bertz CT molecular complexity index is 1340. The van der Waals surface area contributed by atoms with Crippen LogP contribution in [0.5, 0.6) is 0 Å². The van der Waals surface area contributed by atoms with Crippen molar-refractivity contribution in [3.63, 3.8) is 0 Å². The molecule has 0 radical (unpaired) electrons. The van der Waals surface area contributed by atoms with E-state index in [-0.39, 0.29) is 10.6 Å². The molecule has 0 aliphatic rings. The number of benzene rings is 2. The third-order valence-corrected chi connectivity index (χ3v) is 5.17. The molecule has 2 aromatic carbocycles. The molecule has 0 aliphatic heterocycles. The van der Waals surface area contributed by atoms with E-state index in [1.54, 1.807) is 24.3 Å². The van der Waals surface area contributed by atoms with Crippen molar-refractivity contribution in [2.45, 2.75) is 0 Å². The summed E-state index contributed by atoms with van der Waals surface area (Å²) in [6.45, 7) is 1.04. The van der Waals surface area contributed by atoms with Gasteiger partial charge in [0.15, 0.2) is 0 Å². The first kappa shape index (κ1) is 21.3. The lowest BCUT2D eigenvalue weighted by atomic mass is 10.2. The minimum Gasteiger partial charge on any atom is -0.465 e. The standard InChI is InChI=1S/C23H20ClN5O3/c1-32-23(31)16-7-3-5-9-19(16)29-22(30)21(24)18(14-27-29)25-12-13-26-20-11-10-15-6-2-4-8-17(15)28-20/h2-11,14,25H,12-13H2,1H3,(H,26,28). The zero-order valence-corrected chi connectivity index (χ0v) is 18.0. The number of rotatable bonds is 7. The van der Waals surface area contributed by atoms with Crippen molar-refractivity contribution in [1.29, 1.82) is 0 Å². The highest BCUT2D eigenvalue weighted by molar-refractivity contribution is 6.33. The van der Waals surface area contributed by atoms with Crippen LogP contribution in [0.25, 0.3) is 16.6 Å². The molecule has 0 atom stereocenters. The molecule has 2 N–H and O–H groups in total. The molecule has 9 heteroatoms.